The standard InChI is InChI=1S/C14H18N2O2S2/c1-16(2)20(17,18)14-8-4-3-7-13(14)15-10-9-12-6-5-11-19-12/h3-8,11,15H,9-10H2,1-2H3. The molecular weight excluding hydrogens is 292 g/mol. The molecule has 0 aliphatic heterocycles. The third-order valence-electron chi connectivity index (χ3n) is 2.91. The maximum Gasteiger partial charge on any atom is 0.244 e. The van der Waals surface area contributed by atoms with Gasteiger partial charge in [0.2, 0.25) is 10.0 Å². The van der Waals surface area contributed by atoms with Gasteiger partial charge < -0.3 is 5.32 Å². The zero-order valence-corrected chi connectivity index (χ0v) is 13.2. The van der Waals surface area contributed by atoms with Crippen LogP contribution in [0.1, 0.15) is 4.88 Å². The normalized spacial score (nSPS) is 11.8. The molecule has 1 aromatic carbocycles. The van der Waals surface area contributed by atoms with E-state index in [2.05, 4.69) is 11.4 Å². The molecule has 4 nitrogen and oxygen atoms in total. The lowest BCUT2D eigenvalue weighted by molar-refractivity contribution is 0.521. The van der Waals surface area contributed by atoms with Crippen LogP contribution in [0.25, 0.3) is 0 Å². The van der Waals surface area contributed by atoms with Crippen molar-refractivity contribution in [1.82, 2.24) is 4.31 Å². The summed E-state index contributed by atoms with van der Waals surface area (Å²) in [6.07, 6.45) is 0.883. The number of rotatable bonds is 6. The minimum Gasteiger partial charge on any atom is -0.384 e. The lowest BCUT2D eigenvalue weighted by Gasteiger charge is -2.16. The fourth-order valence-electron chi connectivity index (χ4n) is 1.81. The van der Waals surface area contributed by atoms with Gasteiger partial charge in [-0.3, -0.25) is 0 Å². The molecule has 0 aliphatic rings. The summed E-state index contributed by atoms with van der Waals surface area (Å²) < 4.78 is 25.7. The predicted octanol–water partition coefficient (Wildman–Crippen LogP) is 2.65. The van der Waals surface area contributed by atoms with Crippen molar-refractivity contribution in [3.8, 4) is 0 Å². The summed E-state index contributed by atoms with van der Waals surface area (Å²) in [5.41, 5.74) is 0.651. The molecule has 0 bridgehead atoms. The fraction of sp³-hybridized carbons (Fsp3) is 0.286. The van der Waals surface area contributed by atoms with Gasteiger partial charge in [0.25, 0.3) is 0 Å². The highest BCUT2D eigenvalue weighted by molar-refractivity contribution is 7.89. The first kappa shape index (κ1) is 15.0. The van der Waals surface area contributed by atoms with Gasteiger partial charge in [-0.2, -0.15) is 0 Å². The van der Waals surface area contributed by atoms with Crippen molar-refractivity contribution in [2.24, 2.45) is 0 Å². The number of hydrogen-bond donors (Lipinski definition) is 1. The van der Waals surface area contributed by atoms with Crippen LogP contribution in [0.2, 0.25) is 0 Å². The molecule has 2 rings (SSSR count). The van der Waals surface area contributed by atoms with Gasteiger partial charge in [0.15, 0.2) is 0 Å². The Morgan fingerprint density at radius 3 is 2.55 bits per heavy atom. The van der Waals surface area contributed by atoms with Crippen molar-refractivity contribution in [3.63, 3.8) is 0 Å². The second-order valence-electron chi connectivity index (χ2n) is 4.54. The van der Waals surface area contributed by atoms with Crippen LogP contribution in [0, 0.1) is 0 Å². The Hall–Kier alpha value is -1.37. The number of thiophene rings is 1. The van der Waals surface area contributed by atoms with Gasteiger partial charge in [-0.1, -0.05) is 18.2 Å². The van der Waals surface area contributed by atoms with Crippen LogP contribution in [0.3, 0.4) is 0 Å². The number of para-hydroxylation sites is 1. The van der Waals surface area contributed by atoms with E-state index in [-0.39, 0.29) is 0 Å². The van der Waals surface area contributed by atoms with E-state index in [0.29, 0.717) is 17.1 Å². The monoisotopic (exact) mass is 310 g/mol. The van der Waals surface area contributed by atoms with Crippen molar-refractivity contribution in [3.05, 3.63) is 46.7 Å². The van der Waals surface area contributed by atoms with Crippen LogP contribution in [-0.4, -0.2) is 33.4 Å². The smallest absolute Gasteiger partial charge is 0.244 e. The zero-order valence-electron chi connectivity index (χ0n) is 11.5. The highest BCUT2D eigenvalue weighted by Crippen LogP contribution is 2.23. The highest BCUT2D eigenvalue weighted by Gasteiger charge is 2.20. The Morgan fingerprint density at radius 1 is 1.15 bits per heavy atom. The molecular formula is C14H18N2O2S2. The predicted molar refractivity (Wildman–Crippen MR) is 83.8 cm³/mol. The van der Waals surface area contributed by atoms with E-state index < -0.39 is 10.0 Å². The maximum absolute atomic E-state index is 12.2. The van der Waals surface area contributed by atoms with Gasteiger partial charge >= 0.3 is 0 Å². The quantitative estimate of drug-likeness (QED) is 0.892. The van der Waals surface area contributed by atoms with Crippen LogP contribution in [0.15, 0.2) is 46.7 Å². The number of hydrogen-bond acceptors (Lipinski definition) is 4. The summed E-state index contributed by atoms with van der Waals surface area (Å²) in [7, 11) is -0.339. The van der Waals surface area contributed by atoms with E-state index in [0.717, 1.165) is 6.42 Å². The topological polar surface area (TPSA) is 49.4 Å². The summed E-state index contributed by atoms with van der Waals surface area (Å²) in [6, 6.07) is 11.1. The third kappa shape index (κ3) is 3.39. The number of anilines is 1. The second kappa shape index (κ2) is 6.39. The SMILES string of the molecule is CN(C)S(=O)(=O)c1ccccc1NCCc1cccs1. The van der Waals surface area contributed by atoms with Crippen molar-refractivity contribution in [2.75, 3.05) is 26.0 Å². The minimum atomic E-state index is -3.42. The largest absolute Gasteiger partial charge is 0.384 e. The average molecular weight is 310 g/mol. The first-order chi connectivity index (χ1) is 9.51. The third-order valence-corrected chi connectivity index (χ3v) is 5.72. The van der Waals surface area contributed by atoms with Crippen molar-refractivity contribution < 1.29 is 8.42 Å². The lowest BCUT2D eigenvalue weighted by atomic mass is 10.3. The Kier molecular flexibility index (Phi) is 4.80. The number of nitrogens with zero attached hydrogens (tertiary/aromatic N) is 1. The average Bonchev–Trinajstić information content (AvgIpc) is 2.92. The Morgan fingerprint density at radius 2 is 1.90 bits per heavy atom. The summed E-state index contributed by atoms with van der Waals surface area (Å²) in [6.45, 7) is 0.709. The fourth-order valence-corrected chi connectivity index (χ4v) is 3.58. The molecule has 0 aliphatic carbocycles. The molecule has 2 aromatic rings. The van der Waals surface area contributed by atoms with E-state index in [1.807, 2.05) is 17.5 Å². The Labute approximate surface area is 124 Å². The van der Waals surface area contributed by atoms with E-state index in [4.69, 9.17) is 0 Å². The van der Waals surface area contributed by atoms with Gasteiger partial charge in [-0.15, -0.1) is 11.3 Å². The maximum atomic E-state index is 12.2. The van der Waals surface area contributed by atoms with Crippen LogP contribution >= 0.6 is 11.3 Å². The van der Waals surface area contributed by atoms with E-state index in [1.54, 1.807) is 29.5 Å². The van der Waals surface area contributed by atoms with Crippen molar-refractivity contribution in [1.29, 1.82) is 0 Å². The number of benzene rings is 1. The molecule has 0 amide bonds. The molecule has 0 saturated carbocycles. The van der Waals surface area contributed by atoms with Crippen molar-refractivity contribution in [2.45, 2.75) is 11.3 Å². The van der Waals surface area contributed by atoms with Crippen LogP contribution in [0.4, 0.5) is 5.69 Å². The second-order valence-corrected chi connectivity index (χ2v) is 7.69. The first-order valence-electron chi connectivity index (χ1n) is 6.29. The number of nitrogens with one attached hydrogen (secondary N) is 1. The first-order valence-corrected chi connectivity index (χ1v) is 8.61. The van der Waals surface area contributed by atoms with E-state index in [1.165, 1.54) is 23.3 Å². The van der Waals surface area contributed by atoms with Gasteiger partial charge in [-0.05, 0) is 30.0 Å². The molecule has 0 saturated heterocycles. The summed E-state index contributed by atoms with van der Waals surface area (Å²) in [5, 5.41) is 5.25. The summed E-state index contributed by atoms with van der Waals surface area (Å²) >= 11 is 1.71. The highest BCUT2D eigenvalue weighted by atomic mass is 32.2. The van der Waals surface area contributed by atoms with Crippen LogP contribution < -0.4 is 5.32 Å². The van der Waals surface area contributed by atoms with Crippen LogP contribution in [-0.2, 0) is 16.4 Å². The van der Waals surface area contributed by atoms with Gasteiger partial charge in [-0.25, -0.2) is 12.7 Å². The lowest BCUT2D eigenvalue weighted by Crippen LogP contribution is -2.23. The molecule has 0 fully saturated rings. The molecule has 0 unspecified atom stereocenters. The molecule has 6 heteroatoms. The molecule has 1 heterocycles. The number of sulfonamides is 1. The molecule has 108 valence electrons. The Balaban J connectivity index is 2.12. The molecule has 20 heavy (non-hydrogen) atoms. The van der Waals surface area contributed by atoms with Crippen molar-refractivity contribution >= 4 is 27.0 Å². The molecule has 1 N–H and O–H groups in total. The van der Waals surface area contributed by atoms with Crippen LogP contribution in [0.5, 0.6) is 0 Å². The summed E-state index contributed by atoms with van der Waals surface area (Å²) in [5.74, 6) is 0. The zero-order chi connectivity index (χ0) is 14.6. The molecule has 1 aromatic heterocycles. The minimum absolute atomic E-state index is 0.316. The summed E-state index contributed by atoms with van der Waals surface area (Å²) in [4.78, 5) is 1.60. The van der Waals surface area contributed by atoms with Gasteiger partial charge in [0.1, 0.15) is 4.90 Å². The van der Waals surface area contributed by atoms with E-state index >= 15 is 0 Å². The molecule has 0 spiro atoms. The van der Waals surface area contributed by atoms with Gasteiger partial charge in [0.05, 0.1) is 5.69 Å². The van der Waals surface area contributed by atoms with Gasteiger partial charge in [0, 0.05) is 25.5 Å². The van der Waals surface area contributed by atoms with E-state index in [9.17, 15) is 8.42 Å². The molecule has 0 atom stereocenters. The Bertz CT molecular complexity index is 650. The molecule has 0 radical (unpaired) electrons.